The van der Waals surface area contributed by atoms with E-state index in [1.807, 2.05) is 25.1 Å². The van der Waals surface area contributed by atoms with Gasteiger partial charge in [-0.05, 0) is 42.8 Å². The highest BCUT2D eigenvalue weighted by Crippen LogP contribution is 2.53. The van der Waals surface area contributed by atoms with Gasteiger partial charge in [-0.2, -0.15) is 0 Å². The average Bonchev–Trinajstić information content (AvgIpc) is 3.59. The Morgan fingerprint density at radius 1 is 1.10 bits per heavy atom. The number of thioether (sulfide) groups is 1. The quantitative estimate of drug-likeness (QED) is 0.0704. The van der Waals surface area contributed by atoms with E-state index < -0.39 is 29.0 Å². The number of ether oxygens (including phenoxy) is 1. The number of non-ortho nitro benzene ring substituents is 1. The van der Waals surface area contributed by atoms with Gasteiger partial charge in [0.2, 0.25) is 11.7 Å². The first-order valence-electron chi connectivity index (χ1n) is 16.5. The number of esters is 1. The van der Waals surface area contributed by atoms with Crippen LogP contribution in [0.4, 0.5) is 5.69 Å². The lowest BCUT2D eigenvalue weighted by atomic mass is 9.79. The number of nitro benzene ring substituents is 1. The Hall–Kier alpha value is -4.22. The standard InChI is InChI=1S/C34H37N6O8S2/c1-19-29-28(20(2)41)32(44)37(29)30(33(45)48-18-21-3-6-23(7-4-21)38(46)47)31(19)50-34-36-24-15-22(5-8-26(24)49-34)25(42)16-39-9-12-40(13-10-39,14-11-39)17-27(35)43/h3-8,15,19-20,28-29,41H,9-14,16-18H2,1-2H3,(H-,35,43)/q+1/p+1/t19-,20-,28-,29-,39?,40?/m1/s1. The number of thiazole rings is 1. The van der Waals surface area contributed by atoms with Gasteiger partial charge in [0, 0.05) is 28.5 Å². The van der Waals surface area contributed by atoms with Crippen molar-refractivity contribution >= 4 is 62.6 Å². The third-order valence-electron chi connectivity index (χ3n) is 10.8. The number of carbonyl (C=O) groups excluding carboxylic acids is 4. The van der Waals surface area contributed by atoms with Crippen LogP contribution in [0.1, 0.15) is 29.8 Å². The largest absolute Gasteiger partial charge is 0.456 e. The van der Waals surface area contributed by atoms with E-state index in [1.54, 1.807) is 6.92 Å². The number of Topliss-reactive ketones (excluding diaryl/α,β-unsaturated/α-hetero) is 1. The van der Waals surface area contributed by atoms with Gasteiger partial charge in [-0.15, -0.1) is 11.3 Å². The molecule has 262 valence electrons. The molecule has 3 N–H and O–H groups in total. The number of quaternary nitrogens is 2. The number of fused-ring (bicyclic) bond motifs is 5. The number of aliphatic hydroxyl groups is 1. The highest BCUT2D eigenvalue weighted by Gasteiger charge is 2.60. The molecule has 1 aromatic heterocycles. The van der Waals surface area contributed by atoms with Crippen molar-refractivity contribution in [1.82, 2.24) is 9.88 Å². The Bertz CT molecular complexity index is 1940. The summed E-state index contributed by atoms with van der Waals surface area (Å²) < 4.78 is 8.55. The second kappa shape index (κ2) is 12.8. The third kappa shape index (κ3) is 6.08. The summed E-state index contributed by atoms with van der Waals surface area (Å²) in [4.78, 5) is 69.3. The first-order chi connectivity index (χ1) is 23.8. The van der Waals surface area contributed by atoms with E-state index in [1.165, 1.54) is 52.3 Å². The minimum absolute atomic E-state index is 0.0446. The van der Waals surface area contributed by atoms with Gasteiger partial charge in [0.05, 0.1) is 33.2 Å². The molecule has 2 bridgehead atoms. The number of ketones is 1. The fraction of sp³-hybridized carbons (Fsp3) is 0.441. The van der Waals surface area contributed by atoms with Crippen molar-refractivity contribution in [3.63, 3.8) is 0 Å². The van der Waals surface area contributed by atoms with Gasteiger partial charge in [-0.1, -0.05) is 18.7 Å². The van der Waals surface area contributed by atoms with Crippen molar-refractivity contribution in [2.45, 2.75) is 36.9 Å². The summed E-state index contributed by atoms with van der Waals surface area (Å²) in [7, 11) is 0. The molecule has 0 saturated carbocycles. The molecule has 5 aliphatic heterocycles. The molecule has 0 radical (unpaired) electrons. The molecule has 14 nitrogen and oxygen atoms in total. The summed E-state index contributed by atoms with van der Waals surface area (Å²) in [6.45, 7) is 9.08. The molecule has 2 aromatic carbocycles. The Morgan fingerprint density at radius 2 is 1.74 bits per heavy atom. The Balaban J connectivity index is 1.09. The van der Waals surface area contributed by atoms with Gasteiger partial charge >= 0.3 is 5.97 Å². The smallest absolute Gasteiger partial charge is 0.356 e. The summed E-state index contributed by atoms with van der Waals surface area (Å²) in [6, 6.07) is 10.8. The number of nitrogens with two attached hydrogens (primary N) is 1. The van der Waals surface area contributed by atoms with Crippen molar-refractivity contribution in [3.05, 3.63) is 74.3 Å². The van der Waals surface area contributed by atoms with Crippen molar-refractivity contribution in [1.29, 1.82) is 0 Å². The van der Waals surface area contributed by atoms with E-state index in [4.69, 9.17) is 15.5 Å². The van der Waals surface area contributed by atoms with Gasteiger partial charge in [0.25, 0.3) is 11.6 Å². The topological polar surface area (TPSA) is 183 Å². The highest BCUT2D eigenvalue weighted by atomic mass is 32.2. The van der Waals surface area contributed by atoms with E-state index in [0.29, 0.717) is 43.5 Å². The zero-order valence-electron chi connectivity index (χ0n) is 27.6. The maximum Gasteiger partial charge on any atom is 0.356 e. The van der Waals surface area contributed by atoms with Crippen LogP contribution in [0.15, 0.2) is 57.4 Å². The molecule has 2 amide bonds. The number of aliphatic hydroxyl groups excluding tert-OH is 1. The number of hydrogen-bond acceptors (Lipinski definition) is 11. The normalized spacial score (nSPS) is 27.6. The minimum atomic E-state index is -0.900. The number of carbonyl (C=O) groups is 4. The molecule has 4 fully saturated rings. The Labute approximate surface area is 295 Å². The number of hydrogen-bond donors (Lipinski definition) is 2. The SMILES string of the molecule is C[C@@H](O)[C@H]1C(=O)N2C(C(=O)OCc3ccc([N+](=O)[O-])cc3)=C(Sc3nc4cc(C(=O)C[N+]56CC[N+](CC(N)=O)(CC5)CC6)ccc4s3)[C@H](C)[C@H]12. The Kier molecular flexibility index (Phi) is 8.79. The summed E-state index contributed by atoms with van der Waals surface area (Å²) in [5.74, 6) is -2.24. The predicted molar refractivity (Wildman–Crippen MR) is 183 cm³/mol. The number of aromatic nitrogens is 1. The number of β-lactam (4-membered cyclic amide) rings is 1. The van der Waals surface area contributed by atoms with Crippen LogP contribution in [0, 0.1) is 22.0 Å². The van der Waals surface area contributed by atoms with Gasteiger partial charge < -0.3 is 29.4 Å². The van der Waals surface area contributed by atoms with E-state index in [0.717, 1.165) is 48.5 Å². The second-order valence-electron chi connectivity index (χ2n) is 14.0. The summed E-state index contributed by atoms with van der Waals surface area (Å²) >= 11 is 2.70. The van der Waals surface area contributed by atoms with Crippen LogP contribution in [0.3, 0.4) is 0 Å². The van der Waals surface area contributed by atoms with Crippen LogP contribution in [-0.4, -0.2) is 117 Å². The molecule has 6 heterocycles. The van der Waals surface area contributed by atoms with Crippen molar-refractivity contribution < 1.29 is 42.9 Å². The summed E-state index contributed by atoms with van der Waals surface area (Å²) in [6.07, 6.45) is -0.900. The molecule has 50 heavy (non-hydrogen) atoms. The number of nitro groups is 1. The zero-order chi connectivity index (χ0) is 35.5. The lowest BCUT2D eigenvalue weighted by Gasteiger charge is -2.54. The maximum atomic E-state index is 13.6. The number of primary amides is 1. The molecule has 0 aliphatic carbocycles. The maximum absolute atomic E-state index is 13.6. The van der Waals surface area contributed by atoms with Gasteiger partial charge in [-0.25, -0.2) is 9.78 Å². The molecule has 16 heteroatoms. The van der Waals surface area contributed by atoms with Crippen molar-refractivity contribution in [2.75, 3.05) is 52.4 Å². The monoisotopic (exact) mass is 722 g/mol. The molecule has 4 saturated heterocycles. The third-order valence-corrected chi connectivity index (χ3v) is 13.2. The van der Waals surface area contributed by atoms with E-state index in [-0.39, 0.29) is 41.5 Å². The number of piperazine rings is 3. The van der Waals surface area contributed by atoms with E-state index >= 15 is 0 Å². The minimum Gasteiger partial charge on any atom is -0.456 e. The van der Waals surface area contributed by atoms with Crippen LogP contribution < -0.4 is 5.73 Å². The molecule has 0 unspecified atom stereocenters. The predicted octanol–water partition coefficient (Wildman–Crippen LogP) is 2.44. The number of benzene rings is 2. The van der Waals surface area contributed by atoms with Crippen LogP contribution in [-0.2, 0) is 25.7 Å². The average molecular weight is 723 g/mol. The fourth-order valence-corrected chi connectivity index (χ4v) is 10.3. The molecule has 4 atom stereocenters. The first kappa shape index (κ1) is 34.2. The Morgan fingerprint density at radius 3 is 2.34 bits per heavy atom. The fourth-order valence-electron chi connectivity index (χ4n) is 7.94. The molecule has 8 rings (SSSR count). The summed E-state index contributed by atoms with van der Waals surface area (Å²) in [5, 5.41) is 21.4. The van der Waals surface area contributed by atoms with E-state index in [9.17, 15) is 34.4 Å². The number of amides is 2. The lowest BCUT2D eigenvalue weighted by molar-refractivity contribution is -1.07. The molecule has 0 spiro atoms. The number of rotatable bonds is 12. The second-order valence-corrected chi connectivity index (χ2v) is 16.3. The van der Waals surface area contributed by atoms with Gasteiger partial charge in [-0.3, -0.25) is 24.5 Å². The van der Waals surface area contributed by atoms with Crippen LogP contribution in [0.2, 0.25) is 0 Å². The molecule has 3 aromatic rings. The lowest BCUT2D eigenvalue weighted by Crippen LogP contribution is -2.76. The van der Waals surface area contributed by atoms with Gasteiger partial charge in [0.1, 0.15) is 58.1 Å². The van der Waals surface area contributed by atoms with Crippen molar-refractivity contribution in [3.8, 4) is 0 Å². The van der Waals surface area contributed by atoms with E-state index in [2.05, 4.69) is 0 Å². The summed E-state index contributed by atoms with van der Waals surface area (Å²) in [5.41, 5.74) is 7.33. The van der Waals surface area contributed by atoms with Crippen LogP contribution >= 0.6 is 23.1 Å². The molecular weight excluding hydrogens is 685 g/mol. The van der Waals surface area contributed by atoms with Crippen molar-refractivity contribution in [2.24, 2.45) is 17.6 Å². The van der Waals surface area contributed by atoms with Gasteiger partial charge in [0.15, 0.2) is 10.9 Å². The molecule has 5 aliphatic rings. The van der Waals surface area contributed by atoms with Crippen LogP contribution in [0.25, 0.3) is 10.2 Å². The molecular formula is C34H38N6O8S2+2. The highest BCUT2D eigenvalue weighted by molar-refractivity contribution is 8.04. The number of nitrogens with zero attached hydrogens (tertiary/aromatic N) is 5. The van der Waals surface area contributed by atoms with Crippen LogP contribution in [0.5, 0.6) is 0 Å². The zero-order valence-corrected chi connectivity index (χ0v) is 29.3. The first-order valence-corrected chi connectivity index (χ1v) is 18.2.